The number of urea groups is 1. The van der Waals surface area contributed by atoms with Crippen molar-refractivity contribution in [1.29, 1.82) is 0 Å². The molecule has 1 fully saturated rings. The number of ketones is 1. The molecule has 0 bridgehead atoms. The van der Waals surface area contributed by atoms with Crippen LogP contribution in [0.15, 0.2) is 47.6 Å². The largest absolute Gasteiger partial charge is 0.412 e. The van der Waals surface area contributed by atoms with Crippen molar-refractivity contribution in [3.8, 4) is 0 Å². The summed E-state index contributed by atoms with van der Waals surface area (Å²) in [5, 5.41) is 0. The van der Waals surface area contributed by atoms with Crippen LogP contribution in [0.5, 0.6) is 0 Å². The Labute approximate surface area is 256 Å². The lowest BCUT2D eigenvalue weighted by Crippen LogP contribution is -2.55. The summed E-state index contributed by atoms with van der Waals surface area (Å²) in [5.41, 5.74) is 4.92. The molecule has 0 radical (unpaired) electrons. The molecule has 2 amide bonds. The lowest BCUT2D eigenvalue weighted by Gasteiger charge is -2.42. The molecule has 0 aromatic heterocycles. The van der Waals surface area contributed by atoms with Crippen molar-refractivity contribution >= 4 is 25.8 Å². The Morgan fingerprint density at radius 2 is 1.57 bits per heavy atom. The first-order chi connectivity index (χ1) is 19.6. The first kappa shape index (κ1) is 34.1. The molecule has 2 aliphatic rings. The Morgan fingerprint density at radius 3 is 2.12 bits per heavy atom. The number of nitrogens with zero attached hydrogens (tertiary/aromatic N) is 3. The Balaban J connectivity index is 1.83. The average Bonchev–Trinajstić information content (AvgIpc) is 3.39. The number of carbonyl (C=O) groups is 2. The molecule has 1 aromatic carbocycles. The van der Waals surface area contributed by atoms with Gasteiger partial charge in [-0.25, -0.2) is 4.79 Å². The van der Waals surface area contributed by atoms with Gasteiger partial charge in [-0.15, -0.1) is 0 Å². The second-order valence-electron chi connectivity index (χ2n) is 14.0. The summed E-state index contributed by atoms with van der Waals surface area (Å²) in [7, 11) is 1.52. The van der Waals surface area contributed by atoms with Gasteiger partial charge in [-0.05, 0) is 79.4 Å². The fourth-order valence-electron chi connectivity index (χ4n) is 6.87. The van der Waals surface area contributed by atoms with Crippen molar-refractivity contribution in [1.82, 2.24) is 9.80 Å². The smallest absolute Gasteiger partial charge is 0.322 e. The fourth-order valence-corrected chi connectivity index (χ4v) is 12.3. The molecule has 1 aliphatic carbocycles. The molecule has 1 aliphatic heterocycles. The van der Waals surface area contributed by atoms with Crippen molar-refractivity contribution in [3.63, 3.8) is 0 Å². The number of rotatable bonds is 12. The van der Waals surface area contributed by atoms with E-state index in [1.54, 1.807) is 23.9 Å². The first-order valence-corrected chi connectivity index (χ1v) is 17.7. The monoisotopic (exact) mass is 597 g/mol. The zero-order chi connectivity index (χ0) is 31.4. The molecule has 1 heterocycles. The third kappa shape index (κ3) is 7.74. The van der Waals surface area contributed by atoms with Gasteiger partial charge in [0.15, 0.2) is 5.78 Å². The Morgan fingerprint density at radius 1 is 1.00 bits per heavy atom. The number of para-hydroxylation sites is 1. The van der Waals surface area contributed by atoms with Crippen LogP contribution in [-0.4, -0.2) is 76.2 Å². The van der Waals surface area contributed by atoms with Gasteiger partial charge in [-0.1, -0.05) is 65.8 Å². The second kappa shape index (κ2) is 13.9. The molecule has 0 N–H and O–H groups in total. The summed E-state index contributed by atoms with van der Waals surface area (Å²) in [6.07, 6.45) is 5.84. The number of hydrogen-bond donors (Lipinski definition) is 0. The normalized spacial score (nSPS) is 19.0. The summed E-state index contributed by atoms with van der Waals surface area (Å²) < 4.78 is 13.1. The molecule has 8 heteroatoms. The van der Waals surface area contributed by atoms with E-state index in [9.17, 15) is 9.59 Å². The van der Waals surface area contributed by atoms with Crippen LogP contribution >= 0.6 is 0 Å². The van der Waals surface area contributed by atoms with Crippen LogP contribution in [0.3, 0.4) is 0 Å². The van der Waals surface area contributed by atoms with E-state index in [-0.39, 0.29) is 23.3 Å². The Hall–Kier alpha value is -2.42. The summed E-state index contributed by atoms with van der Waals surface area (Å²) in [5.74, 6) is 0.277. The minimum absolute atomic E-state index is 0.0205. The SMILES string of the molecule is CC(C)[Si](OC/C(=C/COC(C)(C)C)[C@H]1CC=C(C(=O)c2ccccc2N2CN(C)C(=O)N(C)C2)C1)(C(C)C)C(C)C. The van der Waals surface area contributed by atoms with E-state index in [0.717, 1.165) is 17.7 Å². The summed E-state index contributed by atoms with van der Waals surface area (Å²) in [6, 6.07) is 7.74. The highest BCUT2D eigenvalue weighted by Gasteiger charge is 2.45. The van der Waals surface area contributed by atoms with Gasteiger partial charge in [0.2, 0.25) is 8.32 Å². The van der Waals surface area contributed by atoms with Gasteiger partial charge < -0.3 is 23.9 Å². The second-order valence-corrected chi connectivity index (χ2v) is 19.5. The number of ether oxygens (including phenoxy) is 1. The molecule has 0 unspecified atom stereocenters. The minimum Gasteiger partial charge on any atom is -0.412 e. The molecule has 234 valence electrons. The van der Waals surface area contributed by atoms with Crippen molar-refractivity contribution in [2.45, 2.75) is 97.4 Å². The molecular weight excluding hydrogens is 542 g/mol. The highest BCUT2D eigenvalue weighted by atomic mass is 28.4. The van der Waals surface area contributed by atoms with E-state index >= 15 is 0 Å². The number of benzene rings is 1. The number of amides is 2. The number of hydrogen-bond acceptors (Lipinski definition) is 5. The van der Waals surface area contributed by atoms with Crippen LogP contribution in [0, 0.1) is 5.92 Å². The van der Waals surface area contributed by atoms with Gasteiger partial charge in [0.25, 0.3) is 0 Å². The van der Waals surface area contributed by atoms with Gasteiger partial charge in [0.05, 0.1) is 37.8 Å². The third-order valence-corrected chi connectivity index (χ3v) is 15.0. The molecule has 1 aromatic rings. The van der Waals surface area contributed by atoms with Gasteiger partial charge >= 0.3 is 6.03 Å². The molecule has 0 saturated carbocycles. The summed E-state index contributed by atoms with van der Waals surface area (Å²) in [6.45, 7) is 22.1. The summed E-state index contributed by atoms with van der Waals surface area (Å²) >= 11 is 0. The van der Waals surface area contributed by atoms with Crippen molar-refractivity contribution in [3.05, 3.63) is 53.1 Å². The molecule has 7 nitrogen and oxygen atoms in total. The topological polar surface area (TPSA) is 62.3 Å². The van der Waals surface area contributed by atoms with Crippen molar-refractivity contribution < 1.29 is 18.8 Å². The van der Waals surface area contributed by atoms with Gasteiger partial charge in [0, 0.05) is 19.7 Å². The molecule has 3 rings (SSSR count). The zero-order valence-corrected chi connectivity index (χ0v) is 29.0. The van der Waals surface area contributed by atoms with Gasteiger partial charge in [-0.2, -0.15) is 0 Å². The van der Waals surface area contributed by atoms with E-state index in [1.165, 1.54) is 5.57 Å². The van der Waals surface area contributed by atoms with E-state index in [2.05, 4.69) is 79.4 Å². The van der Waals surface area contributed by atoms with Crippen molar-refractivity contribution in [2.24, 2.45) is 5.92 Å². The average molecular weight is 598 g/mol. The lowest BCUT2D eigenvalue weighted by atomic mass is 9.93. The highest BCUT2D eigenvalue weighted by molar-refractivity contribution is 6.77. The molecular formula is C34H55N3O4Si. The van der Waals surface area contributed by atoms with E-state index in [4.69, 9.17) is 9.16 Å². The van der Waals surface area contributed by atoms with Crippen LogP contribution in [0.2, 0.25) is 16.6 Å². The molecule has 1 atom stereocenters. The van der Waals surface area contributed by atoms with Gasteiger partial charge in [0.1, 0.15) is 0 Å². The quantitative estimate of drug-likeness (QED) is 0.139. The maximum absolute atomic E-state index is 14.0. The van der Waals surface area contributed by atoms with Crippen LogP contribution in [-0.2, 0) is 9.16 Å². The lowest BCUT2D eigenvalue weighted by molar-refractivity contribution is 0.0144. The molecule has 1 saturated heterocycles. The minimum atomic E-state index is -2.05. The predicted molar refractivity (Wildman–Crippen MR) is 176 cm³/mol. The van der Waals surface area contributed by atoms with Crippen LogP contribution in [0.25, 0.3) is 0 Å². The molecule has 0 spiro atoms. The van der Waals surface area contributed by atoms with E-state index < -0.39 is 8.32 Å². The van der Waals surface area contributed by atoms with Crippen LogP contribution < -0.4 is 4.90 Å². The zero-order valence-electron chi connectivity index (χ0n) is 28.0. The van der Waals surface area contributed by atoms with Crippen LogP contribution in [0.4, 0.5) is 10.5 Å². The number of allylic oxidation sites excluding steroid dienone is 2. The standard InChI is InChI=1S/C34H55N3O4Si/c1-24(2)42(25(3)4,26(5)6)41-21-29(18-19-40-34(7,8)9)27-16-17-28(20-27)32(38)30-14-12-13-15-31(30)37-22-35(10)33(39)36(11)23-37/h12-15,17-18,24-27H,16,19-23H2,1-11H3/b29-18-/t27-/m0/s1. The number of Topliss-reactive ketones (excluding diaryl/α,β-unsaturated/α-hetero) is 1. The highest BCUT2D eigenvalue weighted by Crippen LogP contribution is 2.43. The Kier molecular flexibility index (Phi) is 11.3. The van der Waals surface area contributed by atoms with Gasteiger partial charge in [-0.3, -0.25) is 4.79 Å². The predicted octanol–water partition coefficient (Wildman–Crippen LogP) is 7.86. The fraction of sp³-hybridized carbons (Fsp3) is 0.647. The van der Waals surface area contributed by atoms with E-state index in [0.29, 0.717) is 55.2 Å². The molecule has 42 heavy (non-hydrogen) atoms. The number of anilines is 1. The first-order valence-electron chi connectivity index (χ1n) is 15.6. The van der Waals surface area contributed by atoms with Crippen molar-refractivity contribution in [2.75, 3.05) is 45.5 Å². The number of carbonyl (C=O) groups excluding carboxylic acids is 2. The van der Waals surface area contributed by atoms with Crippen LogP contribution in [0.1, 0.15) is 85.5 Å². The maximum Gasteiger partial charge on any atom is 0.322 e. The summed E-state index contributed by atoms with van der Waals surface area (Å²) in [4.78, 5) is 31.7. The third-order valence-electron chi connectivity index (χ3n) is 8.90. The Bertz CT molecular complexity index is 1130. The maximum atomic E-state index is 14.0. The van der Waals surface area contributed by atoms with E-state index in [1.807, 2.05) is 24.3 Å².